The Morgan fingerprint density at radius 3 is 2.68 bits per heavy atom. The smallest absolute Gasteiger partial charge is 0.358 e. The van der Waals surface area contributed by atoms with Crippen LogP contribution in [0.15, 0.2) is 29.6 Å². The van der Waals surface area contributed by atoms with E-state index in [1.54, 1.807) is 0 Å². The first-order valence-corrected chi connectivity index (χ1v) is 7.68. The van der Waals surface area contributed by atoms with Crippen LogP contribution in [0.1, 0.15) is 17.4 Å². The van der Waals surface area contributed by atoms with Crippen LogP contribution in [0.25, 0.3) is 0 Å². The van der Waals surface area contributed by atoms with Crippen LogP contribution in [0, 0.1) is 10.1 Å². The van der Waals surface area contributed by atoms with Crippen LogP contribution >= 0.6 is 11.3 Å². The molecule has 25 heavy (non-hydrogen) atoms. The highest BCUT2D eigenvalue weighted by atomic mass is 32.1. The minimum Gasteiger partial charge on any atom is -0.451 e. The first-order valence-electron chi connectivity index (χ1n) is 6.80. The number of benzene rings is 1. The van der Waals surface area contributed by atoms with Gasteiger partial charge >= 0.3 is 5.97 Å². The maximum absolute atomic E-state index is 11.8. The Bertz CT molecular complexity index is 834. The van der Waals surface area contributed by atoms with E-state index in [0.29, 0.717) is 0 Å². The third-order valence-corrected chi connectivity index (χ3v) is 3.46. The summed E-state index contributed by atoms with van der Waals surface area (Å²) >= 11 is 1.03. The summed E-state index contributed by atoms with van der Waals surface area (Å²) in [5.74, 6) is -1.93. The first kappa shape index (κ1) is 18.0. The molecule has 1 heterocycles. The predicted octanol–water partition coefficient (Wildman–Crippen LogP) is 1.81. The number of amides is 2. The van der Waals surface area contributed by atoms with Crippen molar-refractivity contribution in [3.8, 4) is 0 Å². The van der Waals surface area contributed by atoms with E-state index in [4.69, 9.17) is 4.74 Å². The molecule has 2 N–H and O–H groups in total. The summed E-state index contributed by atoms with van der Waals surface area (Å²) in [6.07, 6.45) is 0. The maximum atomic E-state index is 11.8. The fourth-order valence-corrected chi connectivity index (χ4v) is 2.43. The van der Waals surface area contributed by atoms with Gasteiger partial charge in [-0.3, -0.25) is 19.7 Å². The van der Waals surface area contributed by atoms with Crippen LogP contribution < -0.4 is 10.6 Å². The summed E-state index contributed by atoms with van der Waals surface area (Å²) in [6, 6.07) is 5.58. The minimum absolute atomic E-state index is 0.00449. The number of ether oxygens (including phenoxy) is 1. The van der Waals surface area contributed by atoms with E-state index in [0.717, 1.165) is 11.3 Å². The number of nitrogens with one attached hydrogen (secondary N) is 2. The van der Waals surface area contributed by atoms with E-state index < -0.39 is 23.4 Å². The van der Waals surface area contributed by atoms with Crippen LogP contribution in [0.5, 0.6) is 0 Å². The number of para-hydroxylation sites is 2. The molecule has 11 heteroatoms. The zero-order chi connectivity index (χ0) is 18.4. The Balaban J connectivity index is 1.92. The Hall–Kier alpha value is -3.34. The third kappa shape index (κ3) is 5.07. The van der Waals surface area contributed by atoms with Gasteiger partial charge in [-0.15, -0.1) is 11.3 Å². The summed E-state index contributed by atoms with van der Waals surface area (Å²) < 4.78 is 4.79. The number of aromatic nitrogens is 1. The molecule has 0 aliphatic heterocycles. The zero-order valence-corrected chi connectivity index (χ0v) is 13.7. The second-order valence-corrected chi connectivity index (χ2v) is 5.48. The van der Waals surface area contributed by atoms with Crippen molar-refractivity contribution in [2.24, 2.45) is 0 Å². The second kappa shape index (κ2) is 7.97. The highest BCUT2D eigenvalue weighted by Gasteiger charge is 2.17. The van der Waals surface area contributed by atoms with Crippen LogP contribution in [0.2, 0.25) is 0 Å². The SMILES string of the molecule is CC(=O)Nc1nc(C(=O)OCC(=O)Nc2ccccc2[N+](=O)[O-])cs1. The number of nitrogens with zero attached hydrogens (tertiary/aromatic N) is 2. The van der Waals surface area contributed by atoms with Gasteiger partial charge in [-0.2, -0.15) is 0 Å². The van der Waals surface area contributed by atoms with Crippen molar-refractivity contribution in [2.75, 3.05) is 17.2 Å². The molecule has 0 atom stereocenters. The molecule has 130 valence electrons. The molecule has 0 radical (unpaired) electrons. The van der Waals surface area contributed by atoms with Gasteiger partial charge < -0.3 is 15.4 Å². The Morgan fingerprint density at radius 1 is 1.28 bits per heavy atom. The predicted molar refractivity (Wildman–Crippen MR) is 88.4 cm³/mol. The third-order valence-electron chi connectivity index (χ3n) is 2.71. The Kier molecular flexibility index (Phi) is 5.74. The number of thiazole rings is 1. The lowest BCUT2D eigenvalue weighted by atomic mass is 10.2. The highest BCUT2D eigenvalue weighted by Crippen LogP contribution is 2.23. The van der Waals surface area contributed by atoms with Crippen molar-refractivity contribution in [1.82, 2.24) is 4.98 Å². The number of anilines is 2. The van der Waals surface area contributed by atoms with Crippen LogP contribution in [-0.2, 0) is 14.3 Å². The molecular weight excluding hydrogens is 352 g/mol. The van der Waals surface area contributed by atoms with E-state index in [1.807, 2.05) is 0 Å². The number of rotatable bonds is 6. The van der Waals surface area contributed by atoms with Crippen molar-refractivity contribution in [3.05, 3.63) is 45.5 Å². The lowest BCUT2D eigenvalue weighted by molar-refractivity contribution is -0.383. The lowest BCUT2D eigenvalue weighted by Gasteiger charge is -2.06. The van der Waals surface area contributed by atoms with Crippen molar-refractivity contribution in [3.63, 3.8) is 0 Å². The standard InChI is InChI=1S/C14H12N4O6S/c1-8(19)15-14-17-10(7-25-14)13(21)24-6-12(20)16-9-4-2-3-5-11(9)18(22)23/h2-5,7H,6H2,1H3,(H,16,20)(H,15,17,19). The van der Waals surface area contributed by atoms with Gasteiger partial charge in [-0.05, 0) is 6.07 Å². The zero-order valence-electron chi connectivity index (χ0n) is 12.8. The van der Waals surface area contributed by atoms with Crippen molar-refractivity contribution < 1.29 is 24.0 Å². The number of hydrogen-bond donors (Lipinski definition) is 2. The Labute approximate surface area is 145 Å². The summed E-state index contributed by atoms with van der Waals surface area (Å²) in [5, 5.41) is 17.2. The monoisotopic (exact) mass is 364 g/mol. The van der Waals surface area contributed by atoms with Crippen molar-refractivity contribution in [1.29, 1.82) is 0 Å². The average molecular weight is 364 g/mol. The molecule has 0 saturated carbocycles. The van der Waals surface area contributed by atoms with Crippen molar-refractivity contribution >= 4 is 45.6 Å². The van der Waals surface area contributed by atoms with Gasteiger partial charge in [0.1, 0.15) is 5.69 Å². The minimum atomic E-state index is -0.856. The number of nitro benzene ring substituents is 1. The van der Waals surface area contributed by atoms with E-state index in [2.05, 4.69) is 15.6 Å². The summed E-state index contributed by atoms with van der Waals surface area (Å²) in [6.45, 7) is 0.657. The summed E-state index contributed by atoms with van der Waals surface area (Å²) in [7, 11) is 0. The molecule has 10 nitrogen and oxygen atoms in total. The highest BCUT2D eigenvalue weighted by molar-refractivity contribution is 7.14. The molecular formula is C14H12N4O6S. The number of hydrogen-bond acceptors (Lipinski definition) is 8. The first-order chi connectivity index (χ1) is 11.9. The molecule has 2 amide bonds. The van der Waals surface area contributed by atoms with Crippen LogP contribution in [0.4, 0.5) is 16.5 Å². The van der Waals surface area contributed by atoms with E-state index in [9.17, 15) is 24.5 Å². The molecule has 0 bridgehead atoms. The molecule has 0 fully saturated rings. The maximum Gasteiger partial charge on any atom is 0.358 e. The van der Waals surface area contributed by atoms with Crippen molar-refractivity contribution in [2.45, 2.75) is 6.92 Å². The summed E-state index contributed by atoms with van der Waals surface area (Å²) in [5.41, 5.74) is -0.343. The van der Waals surface area contributed by atoms with Gasteiger partial charge in [-0.25, -0.2) is 9.78 Å². The van der Waals surface area contributed by atoms with Gasteiger partial charge in [0.2, 0.25) is 5.91 Å². The molecule has 0 aliphatic rings. The van der Waals surface area contributed by atoms with Gasteiger partial charge in [0.25, 0.3) is 11.6 Å². The van der Waals surface area contributed by atoms with Gasteiger partial charge in [0, 0.05) is 18.4 Å². The fourth-order valence-electron chi connectivity index (χ4n) is 1.71. The quantitative estimate of drug-likeness (QED) is 0.452. The van der Waals surface area contributed by atoms with E-state index in [-0.39, 0.29) is 28.1 Å². The van der Waals surface area contributed by atoms with Gasteiger partial charge in [-0.1, -0.05) is 12.1 Å². The molecule has 0 unspecified atom stereocenters. The lowest BCUT2D eigenvalue weighted by Crippen LogP contribution is -2.21. The number of esters is 1. The summed E-state index contributed by atoms with van der Waals surface area (Å²) in [4.78, 5) is 48.5. The molecule has 1 aromatic carbocycles. The molecule has 2 rings (SSSR count). The molecule has 1 aromatic heterocycles. The largest absolute Gasteiger partial charge is 0.451 e. The van der Waals surface area contributed by atoms with Crippen LogP contribution in [0.3, 0.4) is 0 Å². The van der Waals surface area contributed by atoms with E-state index >= 15 is 0 Å². The molecule has 0 spiro atoms. The number of nitro groups is 1. The Morgan fingerprint density at radius 2 is 2.00 bits per heavy atom. The molecule has 2 aromatic rings. The molecule has 0 saturated heterocycles. The van der Waals surface area contributed by atoms with Crippen LogP contribution in [-0.4, -0.2) is 34.3 Å². The number of carbonyl (C=O) groups excluding carboxylic acids is 3. The topological polar surface area (TPSA) is 141 Å². The van der Waals surface area contributed by atoms with Gasteiger partial charge in [0.05, 0.1) is 4.92 Å². The second-order valence-electron chi connectivity index (χ2n) is 4.62. The van der Waals surface area contributed by atoms with Gasteiger partial charge in [0.15, 0.2) is 17.4 Å². The fraction of sp³-hybridized carbons (Fsp3) is 0.143. The normalized spacial score (nSPS) is 9.96. The molecule has 0 aliphatic carbocycles. The average Bonchev–Trinajstić information content (AvgIpc) is 3.00. The van der Waals surface area contributed by atoms with E-state index in [1.165, 1.54) is 36.6 Å². The number of carbonyl (C=O) groups is 3.